The Bertz CT molecular complexity index is 714. The Morgan fingerprint density at radius 3 is 2.81 bits per heavy atom. The van der Waals surface area contributed by atoms with Gasteiger partial charge in [-0.1, -0.05) is 0 Å². The van der Waals surface area contributed by atoms with E-state index in [2.05, 4.69) is 15.9 Å². The second kappa shape index (κ2) is 6.04. The monoisotopic (exact) mass is 356 g/mol. The van der Waals surface area contributed by atoms with Gasteiger partial charge in [-0.2, -0.15) is 0 Å². The molecule has 0 radical (unpaired) electrons. The number of carbonyl (C=O) groups excluding carboxylic acids is 1. The lowest BCUT2D eigenvalue weighted by Crippen LogP contribution is -2.15. The summed E-state index contributed by atoms with van der Waals surface area (Å²) in [6, 6.07) is 5.16. The van der Waals surface area contributed by atoms with Gasteiger partial charge in [-0.3, -0.25) is 14.9 Å². The Balaban J connectivity index is 2.20. The maximum Gasteiger partial charge on any atom is 0.312 e. The Morgan fingerprint density at radius 2 is 2.24 bits per heavy atom. The lowest BCUT2D eigenvalue weighted by molar-refractivity contribution is -0.385. The average molecular weight is 357 g/mol. The molecule has 1 aromatic heterocycles. The number of aromatic nitrogens is 1. The number of nitro groups is 1. The first-order chi connectivity index (χ1) is 9.90. The van der Waals surface area contributed by atoms with Crippen molar-refractivity contribution < 1.29 is 18.8 Å². The van der Waals surface area contributed by atoms with Gasteiger partial charge in [-0.25, -0.2) is 4.39 Å². The number of rotatable bonds is 5. The van der Waals surface area contributed by atoms with Gasteiger partial charge in [0, 0.05) is 25.4 Å². The van der Waals surface area contributed by atoms with Gasteiger partial charge in [-0.15, -0.1) is 0 Å². The second-order valence-corrected chi connectivity index (χ2v) is 5.06. The van der Waals surface area contributed by atoms with Crippen molar-refractivity contribution in [2.24, 2.45) is 7.05 Å². The van der Waals surface area contributed by atoms with Crippen LogP contribution in [0, 0.1) is 15.9 Å². The number of nitrogens with zero attached hydrogens (tertiary/aromatic N) is 2. The number of hydrogen-bond donors (Lipinski definition) is 0. The van der Waals surface area contributed by atoms with E-state index in [0.717, 1.165) is 12.1 Å². The summed E-state index contributed by atoms with van der Waals surface area (Å²) in [5, 5.41) is 10.9. The topological polar surface area (TPSA) is 74.4 Å². The van der Waals surface area contributed by atoms with Crippen molar-refractivity contribution >= 4 is 27.4 Å². The van der Waals surface area contributed by atoms with E-state index in [0.29, 0.717) is 5.69 Å². The lowest BCUT2D eigenvalue weighted by atomic mass is 10.2. The molecule has 0 unspecified atom stereocenters. The highest BCUT2D eigenvalue weighted by Gasteiger charge is 2.20. The third kappa shape index (κ3) is 3.27. The molecule has 6 nitrogen and oxygen atoms in total. The number of nitro benzene ring substituents is 1. The summed E-state index contributed by atoms with van der Waals surface area (Å²) in [5.74, 6) is -1.36. The van der Waals surface area contributed by atoms with Crippen LogP contribution in [-0.4, -0.2) is 21.9 Å². The fourth-order valence-electron chi connectivity index (χ4n) is 1.74. The summed E-state index contributed by atoms with van der Waals surface area (Å²) in [5.41, 5.74) is -0.0156. The number of aryl methyl sites for hydroxylation is 1. The van der Waals surface area contributed by atoms with Gasteiger partial charge in [0.05, 0.1) is 15.1 Å². The largest absolute Gasteiger partial charge is 0.478 e. The second-order valence-electron chi connectivity index (χ2n) is 4.21. The summed E-state index contributed by atoms with van der Waals surface area (Å²) in [6.07, 6.45) is 1.69. The molecule has 0 aliphatic heterocycles. The summed E-state index contributed by atoms with van der Waals surface area (Å²) < 4.78 is 20.1. The van der Waals surface area contributed by atoms with E-state index in [4.69, 9.17) is 4.74 Å². The SMILES string of the molecule is Cn1cccc1C(=O)COc1cc(F)c(Br)cc1[N+](=O)[O-]. The number of hydrogen-bond acceptors (Lipinski definition) is 4. The number of ether oxygens (including phenoxy) is 1. The van der Waals surface area contributed by atoms with E-state index >= 15 is 0 Å². The first-order valence-electron chi connectivity index (χ1n) is 5.81. The fourth-order valence-corrected chi connectivity index (χ4v) is 2.08. The third-order valence-corrected chi connectivity index (χ3v) is 3.39. The van der Waals surface area contributed by atoms with Gasteiger partial charge in [0.15, 0.2) is 6.61 Å². The molecule has 21 heavy (non-hydrogen) atoms. The standard InChI is InChI=1S/C13H10BrFN2O4/c1-16-4-2-3-10(16)12(18)7-21-13-6-9(15)8(14)5-11(13)17(19)20/h2-6H,7H2,1H3. The zero-order valence-corrected chi connectivity index (χ0v) is 12.5. The van der Waals surface area contributed by atoms with Crippen LogP contribution in [-0.2, 0) is 7.05 Å². The van der Waals surface area contributed by atoms with Crippen molar-refractivity contribution in [3.8, 4) is 5.75 Å². The number of benzene rings is 1. The lowest BCUT2D eigenvalue weighted by Gasteiger charge is -2.07. The molecule has 1 aromatic carbocycles. The number of carbonyl (C=O) groups is 1. The highest BCUT2D eigenvalue weighted by molar-refractivity contribution is 9.10. The van der Waals surface area contributed by atoms with Gasteiger partial charge in [0.25, 0.3) is 0 Å². The Morgan fingerprint density at radius 1 is 1.52 bits per heavy atom. The predicted molar refractivity (Wildman–Crippen MR) is 76.0 cm³/mol. The molecule has 0 saturated carbocycles. The first-order valence-corrected chi connectivity index (χ1v) is 6.60. The summed E-state index contributed by atoms with van der Waals surface area (Å²) in [7, 11) is 1.69. The molecule has 0 saturated heterocycles. The summed E-state index contributed by atoms with van der Waals surface area (Å²) in [6.45, 7) is -0.417. The van der Waals surface area contributed by atoms with Gasteiger partial charge in [0.1, 0.15) is 5.82 Å². The molecular formula is C13H10BrFN2O4. The van der Waals surface area contributed by atoms with Crippen LogP contribution in [0.5, 0.6) is 5.75 Å². The third-order valence-electron chi connectivity index (χ3n) is 2.79. The molecule has 0 bridgehead atoms. The Labute approximate surface area is 127 Å². The Kier molecular flexibility index (Phi) is 4.37. The summed E-state index contributed by atoms with van der Waals surface area (Å²) in [4.78, 5) is 22.1. The highest BCUT2D eigenvalue weighted by Crippen LogP contribution is 2.32. The number of ketones is 1. The van der Waals surface area contributed by atoms with Crippen molar-refractivity contribution in [2.75, 3.05) is 6.61 Å². The van der Waals surface area contributed by atoms with Crippen molar-refractivity contribution in [1.29, 1.82) is 0 Å². The van der Waals surface area contributed by atoms with E-state index in [1.165, 1.54) is 0 Å². The molecule has 2 aromatic rings. The van der Waals surface area contributed by atoms with E-state index in [1.54, 1.807) is 29.9 Å². The molecule has 0 amide bonds. The van der Waals surface area contributed by atoms with Crippen LogP contribution in [0.25, 0.3) is 0 Å². The molecular weight excluding hydrogens is 347 g/mol. The van der Waals surface area contributed by atoms with Gasteiger partial charge in [-0.05, 0) is 28.1 Å². The maximum absolute atomic E-state index is 13.4. The van der Waals surface area contributed by atoms with E-state index in [-0.39, 0.29) is 16.0 Å². The zero-order chi connectivity index (χ0) is 15.6. The maximum atomic E-state index is 13.4. The van der Waals surface area contributed by atoms with Crippen molar-refractivity contribution in [1.82, 2.24) is 4.57 Å². The fraction of sp³-hybridized carbons (Fsp3) is 0.154. The van der Waals surface area contributed by atoms with Crippen molar-refractivity contribution in [3.63, 3.8) is 0 Å². The molecule has 110 valence electrons. The quantitative estimate of drug-likeness (QED) is 0.468. The van der Waals surface area contributed by atoms with Crippen LogP contribution in [0.3, 0.4) is 0 Å². The minimum absolute atomic E-state index is 0.0460. The minimum atomic E-state index is -0.707. The average Bonchev–Trinajstić information content (AvgIpc) is 2.85. The molecule has 1 heterocycles. The van der Waals surface area contributed by atoms with E-state index in [1.807, 2.05) is 0 Å². The summed E-state index contributed by atoms with van der Waals surface area (Å²) >= 11 is 2.86. The smallest absolute Gasteiger partial charge is 0.312 e. The van der Waals surface area contributed by atoms with Crippen molar-refractivity contribution in [3.05, 3.63) is 56.6 Å². The normalized spacial score (nSPS) is 10.4. The predicted octanol–water partition coefficient (Wildman–Crippen LogP) is 3.10. The van der Waals surface area contributed by atoms with Crippen LogP contribution in [0.2, 0.25) is 0 Å². The van der Waals surface area contributed by atoms with Gasteiger partial charge < -0.3 is 9.30 Å². The molecule has 8 heteroatoms. The molecule has 0 aliphatic rings. The number of Topliss-reactive ketones (excluding diaryl/α,β-unsaturated/α-hetero) is 1. The van der Waals surface area contributed by atoms with Crippen molar-refractivity contribution in [2.45, 2.75) is 0 Å². The molecule has 0 N–H and O–H groups in total. The van der Waals surface area contributed by atoms with Crippen LogP contribution in [0.4, 0.5) is 10.1 Å². The van der Waals surface area contributed by atoms with Gasteiger partial charge in [0.2, 0.25) is 11.5 Å². The molecule has 0 atom stereocenters. The molecule has 2 rings (SSSR count). The Hall–Kier alpha value is -2.22. The molecule has 0 fully saturated rings. The molecule has 0 spiro atoms. The van der Waals surface area contributed by atoms with Crippen LogP contribution < -0.4 is 4.74 Å². The highest BCUT2D eigenvalue weighted by atomic mass is 79.9. The van der Waals surface area contributed by atoms with E-state index in [9.17, 15) is 19.3 Å². The zero-order valence-electron chi connectivity index (χ0n) is 10.9. The minimum Gasteiger partial charge on any atom is -0.478 e. The number of halogens is 2. The first kappa shape index (κ1) is 15.2. The van der Waals surface area contributed by atoms with Crippen LogP contribution in [0.1, 0.15) is 10.5 Å². The van der Waals surface area contributed by atoms with Crippen LogP contribution in [0.15, 0.2) is 34.9 Å². The van der Waals surface area contributed by atoms with Gasteiger partial charge >= 0.3 is 5.69 Å². The van der Waals surface area contributed by atoms with E-state index < -0.39 is 23.0 Å². The molecule has 0 aliphatic carbocycles. The van der Waals surface area contributed by atoms with Crippen LogP contribution >= 0.6 is 15.9 Å².